The lowest BCUT2D eigenvalue weighted by Gasteiger charge is -2.28. The smallest absolute Gasteiger partial charge is 0.408 e. The minimum Gasteiger partial charge on any atom is -0.463 e. The zero-order chi connectivity index (χ0) is 38.4. The summed E-state index contributed by atoms with van der Waals surface area (Å²) in [6.45, 7) is 11.1. The van der Waals surface area contributed by atoms with Crippen LogP contribution in [0.1, 0.15) is 99.1 Å². The van der Waals surface area contributed by atoms with Crippen molar-refractivity contribution in [3.63, 3.8) is 0 Å². The van der Waals surface area contributed by atoms with E-state index in [0.717, 1.165) is 44.9 Å². The van der Waals surface area contributed by atoms with E-state index in [2.05, 4.69) is 20.7 Å². The third-order valence-corrected chi connectivity index (χ3v) is 9.40. The molecule has 4 rings (SSSR count). The van der Waals surface area contributed by atoms with E-state index in [4.69, 9.17) is 23.7 Å². The molecule has 1 aliphatic heterocycles. The van der Waals surface area contributed by atoms with Crippen LogP contribution < -0.4 is 10.6 Å². The number of nitriles is 1. The Bertz CT molecular complexity index is 1640. The van der Waals surface area contributed by atoms with E-state index in [1.54, 1.807) is 48.5 Å². The van der Waals surface area contributed by atoms with Crippen molar-refractivity contribution in [2.24, 2.45) is 11.8 Å². The molecule has 3 heterocycles. The molecule has 2 aromatic rings. The fraction of sp³-hybridized carbons (Fsp3) is 0.694. The number of aliphatic hydroxyl groups excluding tert-OH is 1. The molecule has 52 heavy (non-hydrogen) atoms. The zero-order valence-electron chi connectivity index (χ0n) is 31.3. The number of hydrogen-bond donors (Lipinski definition) is 3. The van der Waals surface area contributed by atoms with Crippen LogP contribution >= 0.6 is 0 Å². The number of carbonyl (C=O) groups is 4. The second-order valence-corrected chi connectivity index (χ2v) is 15.3. The normalized spacial score (nSPS) is 23.4. The van der Waals surface area contributed by atoms with Gasteiger partial charge in [-0.15, -0.1) is 0 Å². The molecule has 2 fully saturated rings. The predicted molar refractivity (Wildman–Crippen MR) is 186 cm³/mol. The molecule has 1 saturated carbocycles. The van der Waals surface area contributed by atoms with Crippen LogP contribution in [0.3, 0.4) is 0 Å². The molecule has 2 aliphatic rings. The molecule has 0 aromatic carbocycles. The monoisotopic (exact) mass is 728 g/mol. The predicted octanol–water partition coefficient (Wildman–Crippen LogP) is 3.94. The van der Waals surface area contributed by atoms with Gasteiger partial charge in [0, 0.05) is 13.5 Å². The first-order chi connectivity index (χ1) is 24.4. The highest BCUT2D eigenvalue weighted by Crippen LogP contribution is 2.42. The van der Waals surface area contributed by atoms with Gasteiger partial charge in [-0.1, -0.05) is 39.5 Å². The van der Waals surface area contributed by atoms with Crippen molar-refractivity contribution in [1.82, 2.24) is 19.9 Å². The Balaban J connectivity index is 1.66. The largest absolute Gasteiger partial charge is 0.463 e. The van der Waals surface area contributed by atoms with E-state index in [1.807, 2.05) is 6.07 Å². The molecule has 16 nitrogen and oxygen atoms in total. The third kappa shape index (κ3) is 9.36. The van der Waals surface area contributed by atoms with E-state index < -0.39 is 77.6 Å². The number of nitrogens with one attached hydrogen (secondary N) is 2. The molecular formula is C36H52N6O10. The van der Waals surface area contributed by atoms with Crippen LogP contribution in [0.2, 0.25) is 0 Å². The lowest BCUT2D eigenvalue weighted by molar-refractivity contribution is -0.163. The molecule has 3 N–H and O–H groups in total. The first-order valence-electron chi connectivity index (χ1n) is 17.7. The number of rotatable bonds is 12. The van der Waals surface area contributed by atoms with E-state index in [-0.39, 0.29) is 29.4 Å². The Morgan fingerprint density at radius 2 is 1.79 bits per heavy atom. The number of hydrogen-bond acceptors (Lipinski definition) is 13. The minimum absolute atomic E-state index is 0.0296. The first-order valence-corrected chi connectivity index (χ1v) is 17.7. The Morgan fingerprint density at radius 3 is 2.38 bits per heavy atom. The highest BCUT2D eigenvalue weighted by Gasteiger charge is 2.60. The number of nitrogens with zero attached hydrogens (tertiary/aromatic N) is 4. The number of aromatic nitrogens is 3. The van der Waals surface area contributed by atoms with Gasteiger partial charge in [-0.3, -0.25) is 9.59 Å². The first kappa shape index (κ1) is 40.4. The van der Waals surface area contributed by atoms with E-state index in [1.165, 1.54) is 23.8 Å². The Morgan fingerprint density at radius 1 is 1.12 bits per heavy atom. The van der Waals surface area contributed by atoms with Crippen molar-refractivity contribution < 1.29 is 48.0 Å². The van der Waals surface area contributed by atoms with Crippen LogP contribution in [0.25, 0.3) is 5.52 Å². The summed E-state index contributed by atoms with van der Waals surface area (Å²) in [6.07, 6.45) is 2.00. The van der Waals surface area contributed by atoms with Gasteiger partial charge in [0.25, 0.3) is 5.91 Å². The van der Waals surface area contributed by atoms with Crippen LogP contribution in [-0.2, 0) is 43.7 Å². The van der Waals surface area contributed by atoms with Crippen LogP contribution in [0.5, 0.6) is 0 Å². The summed E-state index contributed by atoms with van der Waals surface area (Å²) in [4.78, 5) is 56.4. The number of anilines is 1. The average Bonchev–Trinajstić information content (AvgIpc) is 3.50. The van der Waals surface area contributed by atoms with Gasteiger partial charge in [-0.05, 0) is 71.4 Å². The molecule has 0 radical (unpaired) electrons. The standard InChI is InChI=1S/C36H52N6O10/c1-21(2)27(40-33(47)52-34(3,4)5)31(45)50-28-24(18-49-26(43)17-22-13-11-9-10-12-14-22)51-36(19-37,29(28)44)25-16-15-23-30(38-20-39-42(23)25)41-32(46)35(6,7)48-8/h15-16,20-22,24,27-29,44H,9-14,17-18H2,1-8H3,(H,40,47)(H,38,39,41,46)/t24-,27+,28-,29-,36+/m1/s1. The maximum atomic E-state index is 13.7. The summed E-state index contributed by atoms with van der Waals surface area (Å²) in [6, 6.07) is 3.82. The summed E-state index contributed by atoms with van der Waals surface area (Å²) in [5, 5.41) is 32.1. The summed E-state index contributed by atoms with van der Waals surface area (Å²) >= 11 is 0. The third-order valence-electron chi connectivity index (χ3n) is 9.40. The second-order valence-electron chi connectivity index (χ2n) is 15.3. The zero-order valence-corrected chi connectivity index (χ0v) is 31.3. The average molecular weight is 729 g/mol. The van der Waals surface area contributed by atoms with Crippen molar-refractivity contribution in [3.05, 3.63) is 24.2 Å². The molecule has 0 unspecified atom stereocenters. The summed E-state index contributed by atoms with van der Waals surface area (Å²) in [5.41, 5.74) is -3.95. The van der Waals surface area contributed by atoms with Crippen LogP contribution in [-0.4, -0.2) is 92.9 Å². The number of ether oxygens (including phenoxy) is 5. The Hall–Kier alpha value is -4.33. The van der Waals surface area contributed by atoms with Gasteiger partial charge in [-0.25, -0.2) is 19.1 Å². The molecule has 0 spiro atoms. The van der Waals surface area contributed by atoms with Gasteiger partial charge >= 0.3 is 18.0 Å². The number of fused-ring (bicyclic) bond motifs is 1. The highest BCUT2D eigenvalue weighted by atomic mass is 16.6. The number of alkyl carbamates (subject to hydrolysis) is 1. The van der Waals surface area contributed by atoms with Gasteiger partial charge in [0.15, 0.2) is 11.9 Å². The van der Waals surface area contributed by atoms with Crippen LogP contribution in [0.15, 0.2) is 18.5 Å². The fourth-order valence-electron chi connectivity index (χ4n) is 6.28. The van der Waals surface area contributed by atoms with Gasteiger partial charge in [0.1, 0.15) is 54.0 Å². The molecule has 286 valence electrons. The number of aliphatic hydroxyl groups is 1. The summed E-state index contributed by atoms with van der Waals surface area (Å²) < 4.78 is 29.6. The number of esters is 2. The Labute approximate surface area is 303 Å². The molecular weight excluding hydrogens is 676 g/mol. The molecule has 2 aromatic heterocycles. The van der Waals surface area contributed by atoms with Crippen molar-refractivity contribution in [1.29, 1.82) is 5.26 Å². The molecule has 5 atom stereocenters. The summed E-state index contributed by atoms with van der Waals surface area (Å²) in [7, 11) is 1.39. The van der Waals surface area contributed by atoms with Crippen molar-refractivity contribution >= 4 is 35.3 Å². The maximum Gasteiger partial charge on any atom is 0.408 e. The Kier molecular flexibility index (Phi) is 12.9. The topological polar surface area (TPSA) is 213 Å². The molecule has 2 amide bonds. The lowest BCUT2D eigenvalue weighted by atomic mass is 9.92. The quantitative estimate of drug-likeness (QED) is 0.161. The van der Waals surface area contributed by atoms with Crippen molar-refractivity contribution in [2.75, 3.05) is 19.0 Å². The minimum atomic E-state index is -2.21. The summed E-state index contributed by atoms with van der Waals surface area (Å²) in [5.74, 6) is -2.10. The van der Waals surface area contributed by atoms with E-state index >= 15 is 0 Å². The lowest BCUT2D eigenvalue weighted by Crippen LogP contribution is -2.50. The number of carbonyl (C=O) groups excluding carboxylic acids is 4. The highest BCUT2D eigenvalue weighted by molar-refractivity contribution is 5.98. The van der Waals surface area contributed by atoms with Gasteiger partial charge in [0.2, 0.25) is 5.60 Å². The van der Waals surface area contributed by atoms with Crippen LogP contribution in [0, 0.1) is 23.2 Å². The SMILES string of the molecule is COC(C)(C)C(=O)Nc1ncnn2c([C@]3(C#N)O[C@H](COC(=O)CC4CCCCCC4)[C@@H](OC(=O)[C@@H](NC(=O)OC(C)(C)C)C(C)C)[C@H]3O)ccc12. The van der Waals surface area contributed by atoms with Crippen molar-refractivity contribution in [2.45, 2.75) is 135 Å². The molecule has 1 saturated heterocycles. The fourth-order valence-corrected chi connectivity index (χ4v) is 6.28. The molecule has 0 bridgehead atoms. The van der Waals surface area contributed by atoms with E-state index in [9.17, 15) is 29.5 Å². The van der Waals surface area contributed by atoms with Gasteiger partial charge in [0.05, 0.1) is 5.69 Å². The van der Waals surface area contributed by atoms with Gasteiger partial charge in [-0.2, -0.15) is 10.4 Å². The van der Waals surface area contributed by atoms with Gasteiger partial charge < -0.3 is 39.4 Å². The van der Waals surface area contributed by atoms with E-state index in [0.29, 0.717) is 0 Å². The van der Waals surface area contributed by atoms with Crippen molar-refractivity contribution in [3.8, 4) is 6.07 Å². The molecule has 16 heteroatoms. The molecule has 1 aliphatic carbocycles. The van der Waals surface area contributed by atoms with Crippen LogP contribution in [0.4, 0.5) is 10.6 Å². The number of amides is 2. The number of methoxy groups -OCH3 is 1. The second kappa shape index (κ2) is 16.6. The maximum absolute atomic E-state index is 13.7.